The molecule has 2 amide bonds. The lowest BCUT2D eigenvalue weighted by Gasteiger charge is -2.34. The van der Waals surface area contributed by atoms with Crippen molar-refractivity contribution in [1.82, 2.24) is 9.80 Å². The molecule has 0 aliphatic heterocycles. The molecule has 1 atom stereocenters. The van der Waals surface area contributed by atoms with E-state index in [2.05, 4.69) is 0 Å². The van der Waals surface area contributed by atoms with Gasteiger partial charge in [0.1, 0.15) is 6.54 Å². The van der Waals surface area contributed by atoms with Gasteiger partial charge in [0.2, 0.25) is 0 Å². The lowest BCUT2D eigenvalue weighted by Crippen LogP contribution is -2.51. The number of carbonyl (C=O) groups is 2. The minimum atomic E-state index is -1.02. The van der Waals surface area contributed by atoms with Crippen molar-refractivity contribution in [2.24, 2.45) is 0 Å². The number of hydrogen-bond acceptors (Lipinski definition) is 3. The fourth-order valence-corrected chi connectivity index (χ4v) is 2.70. The second kappa shape index (κ2) is 6.92. The molecule has 1 aliphatic carbocycles. The first-order valence-electron chi connectivity index (χ1n) is 7.25. The number of urea groups is 1. The van der Waals surface area contributed by atoms with Crippen LogP contribution in [0.1, 0.15) is 46.0 Å². The minimum Gasteiger partial charge on any atom is -0.480 e. The SMILES string of the molecule is CCC(C)N(CC(=O)O)C(=O)N(C)CC1(O)CCCC1. The molecule has 0 aromatic rings. The summed E-state index contributed by atoms with van der Waals surface area (Å²) < 4.78 is 0. The highest BCUT2D eigenvalue weighted by atomic mass is 16.4. The van der Waals surface area contributed by atoms with Crippen LogP contribution in [-0.4, -0.2) is 63.8 Å². The van der Waals surface area contributed by atoms with E-state index in [-0.39, 0.29) is 25.2 Å². The van der Waals surface area contributed by atoms with E-state index in [1.165, 1.54) is 9.80 Å². The normalized spacial score (nSPS) is 18.6. The molecule has 0 spiro atoms. The van der Waals surface area contributed by atoms with Crippen molar-refractivity contribution < 1.29 is 19.8 Å². The molecule has 0 bridgehead atoms. The van der Waals surface area contributed by atoms with Crippen molar-refractivity contribution in [2.75, 3.05) is 20.1 Å². The summed E-state index contributed by atoms with van der Waals surface area (Å²) >= 11 is 0. The van der Waals surface area contributed by atoms with E-state index in [0.717, 1.165) is 12.8 Å². The summed E-state index contributed by atoms with van der Waals surface area (Å²) in [7, 11) is 1.62. The number of aliphatic hydroxyl groups is 1. The van der Waals surface area contributed by atoms with Gasteiger partial charge in [0.25, 0.3) is 0 Å². The second-order valence-corrected chi connectivity index (χ2v) is 5.85. The van der Waals surface area contributed by atoms with Crippen molar-refractivity contribution in [2.45, 2.75) is 57.6 Å². The Morgan fingerprint density at radius 3 is 2.30 bits per heavy atom. The van der Waals surface area contributed by atoms with E-state index in [1.807, 2.05) is 13.8 Å². The number of amides is 2. The summed E-state index contributed by atoms with van der Waals surface area (Å²) in [5.74, 6) is -1.02. The van der Waals surface area contributed by atoms with Crippen LogP contribution in [0.5, 0.6) is 0 Å². The van der Waals surface area contributed by atoms with Crippen molar-refractivity contribution >= 4 is 12.0 Å². The Morgan fingerprint density at radius 1 is 1.30 bits per heavy atom. The van der Waals surface area contributed by atoms with Gasteiger partial charge in [-0.25, -0.2) is 4.79 Å². The van der Waals surface area contributed by atoms with Gasteiger partial charge in [-0.2, -0.15) is 0 Å². The second-order valence-electron chi connectivity index (χ2n) is 5.85. The number of carboxylic acid groups (broad SMARTS) is 1. The van der Waals surface area contributed by atoms with Crippen LogP contribution in [0.25, 0.3) is 0 Å². The van der Waals surface area contributed by atoms with Crippen molar-refractivity contribution in [3.05, 3.63) is 0 Å². The summed E-state index contributed by atoms with van der Waals surface area (Å²) in [6.07, 6.45) is 4.04. The summed E-state index contributed by atoms with van der Waals surface area (Å²) in [5, 5.41) is 19.3. The summed E-state index contributed by atoms with van der Waals surface area (Å²) in [4.78, 5) is 26.1. The third kappa shape index (κ3) is 4.37. The Kier molecular flexibility index (Phi) is 5.80. The molecular formula is C14H26N2O4. The van der Waals surface area contributed by atoms with Gasteiger partial charge in [-0.15, -0.1) is 0 Å². The molecule has 1 saturated carbocycles. The summed E-state index contributed by atoms with van der Waals surface area (Å²) in [5.41, 5.74) is -0.811. The molecule has 2 N–H and O–H groups in total. The summed E-state index contributed by atoms with van der Waals surface area (Å²) in [6, 6.07) is -0.471. The van der Waals surface area contributed by atoms with E-state index in [0.29, 0.717) is 19.3 Å². The maximum atomic E-state index is 12.4. The van der Waals surface area contributed by atoms with Crippen LogP contribution in [0.4, 0.5) is 4.79 Å². The Hall–Kier alpha value is -1.30. The maximum absolute atomic E-state index is 12.4. The van der Waals surface area contributed by atoms with E-state index < -0.39 is 11.6 Å². The highest BCUT2D eigenvalue weighted by Gasteiger charge is 2.35. The van der Waals surface area contributed by atoms with Gasteiger partial charge < -0.3 is 20.0 Å². The third-order valence-electron chi connectivity index (χ3n) is 4.07. The number of hydrogen-bond donors (Lipinski definition) is 2. The van der Waals surface area contributed by atoms with Crippen LogP contribution in [-0.2, 0) is 4.79 Å². The molecule has 1 unspecified atom stereocenters. The standard InChI is InChI=1S/C14H26N2O4/c1-4-11(2)16(9-12(17)18)13(19)15(3)10-14(20)7-5-6-8-14/h11,20H,4-10H2,1-3H3,(H,17,18). The van der Waals surface area contributed by atoms with Gasteiger partial charge in [-0.05, 0) is 26.2 Å². The maximum Gasteiger partial charge on any atom is 0.323 e. The van der Waals surface area contributed by atoms with E-state index >= 15 is 0 Å². The van der Waals surface area contributed by atoms with Gasteiger partial charge in [0.15, 0.2) is 0 Å². The van der Waals surface area contributed by atoms with E-state index in [9.17, 15) is 14.7 Å². The van der Waals surface area contributed by atoms with E-state index in [4.69, 9.17) is 5.11 Å². The molecule has 0 aromatic carbocycles. The van der Waals surface area contributed by atoms with Crippen molar-refractivity contribution in [1.29, 1.82) is 0 Å². The molecule has 1 fully saturated rings. The fraction of sp³-hybridized carbons (Fsp3) is 0.857. The van der Waals surface area contributed by atoms with Gasteiger partial charge in [0, 0.05) is 13.1 Å². The first-order chi connectivity index (χ1) is 9.29. The molecule has 1 rings (SSSR count). The number of likely N-dealkylation sites (N-methyl/N-ethyl adjacent to an activating group) is 1. The average Bonchev–Trinajstić information content (AvgIpc) is 2.80. The van der Waals surface area contributed by atoms with Crippen LogP contribution in [0.2, 0.25) is 0 Å². The predicted octanol–water partition coefficient (Wildman–Crippen LogP) is 1.53. The lowest BCUT2D eigenvalue weighted by molar-refractivity contribution is -0.138. The molecule has 6 heteroatoms. The van der Waals surface area contributed by atoms with Crippen LogP contribution in [0, 0.1) is 0 Å². The molecule has 20 heavy (non-hydrogen) atoms. The monoisotopic (exact) mass is 286 g/mol. The number of nitrogens with zero attached hydrogens (tertiary/aromatic N) is 2. The lowest BCUT2D eigenvalue weighted by atomic mass is 10.0. The van der Waals surface area contributed by atoms with Crippen molar-refractivity contribution in [3.63, 3.8) is 0 Å². The molecule has 0 radical (unpaired) electrons. The first kappa shape index (κ1) is 16.8. The van der Waals surface area contributed by atoms with Crippen LogP contribution in [0.3, 0.4) is 0 Å². The molecule has 116 valence electrons. The predicted molar refractivity (Wildman–Crippen MR) is 75.5 cm³/mol. The highest BCUT2D eigenvalue weighted by Crippen LogP contribution is 2.30. The molecular weight excluding hydrogens is 260 g/mol. The Balaban J connectivity index is 2.69. The zero-order valence-corrected chi connectivity index (χ0v) is 12.6. The molecule has 6 nitrogen and oxygen atoms in total. The van der Waals surface area contributed by atoms with Gasteiger partial charge in [0.05, 0.1) is 12.1 Å². The van der Waals surface area contributed by atoms with Crippen LogP contribution >= 0.6 is 0 Å². The largest absolute Gasteiger partial charge is 0.480 e. The molecule has 0 heterocycles. The minimum absolute atomic E-state index is 0.140. The Morgan fingerprint density at radius 2 is 1.85 bits per heavy atom. The Bertz CT molecular complexity index is 353. The molecule has 0 saturated heterocycles. The van der Waals surface area contributed by atoms with Gasteiger partial charge in [-0.1, -0.05) is 19.8 Å². The molecule has 0 aromatic heterocycles. The zero-order valence-electron chi connectivity index (χ0n) is 12.6. The smallest absolute Gasteiger partial charge is 0.323 e. The number of rotatable bonds is 6. The van der Waals surface area contributed by atoms with E-state index in [1.54, 1.807) is 7.05 Å². The van der Waals surface area contributed by atoms with Crippen LogP contribution < -0.4 is 0 Å². The number of carboxylic acids is 1. The molecule has 1 aliphatic rings. The van der Waals surface area contributed by atoms with Crippen LogP contribution in [0.15, 0.2) is 0 Å². The number of aliphatic carboxylic acids is 1. The topological polar surface area (TPSA) is 81.1 Å². The van der Waals surface area contributed by atoms with Gasteiger partial charge in [-0.3, -0.25) is 4.79 Å². The zero-order chi connectivity index (χ0) is 15.3. The third-order valence-corrected chi connectivity index (χ3v) is 4.07. The number of carbonyl (C=O) groups excluding carboxylic acids is 1. The summed E-state index contributed by atoms with van der Waals surface area (Å²) in [6.45, 7) is 3.70. The highest BCUT2D eigenvalue weighted by molar-refractivity contribution is 5.80. The first-order valence-corrected chi connectivity index (χ1v) is 7.25. The average molecular weight is 286 g/mol. The Labute approximate surface area is 120 Å². The van der Waals surface area contributed by atoms with Crippen molar-refractivity contribution in [3.8, 4) is 0 Å². The fourth-order valence-electron chi connectivity index (χ4n) is 2.70. The van der Waals surface area contributed by atoms with Gasteiger partial charge >= 0.3 is 12.0 Å². The quantitative estimate of drug-likeness (QED) is 0.776.